The van der Waals surface area contributed by atoms with Gasteiger partial charge in [0.05, 0.1) is 0 Å². The Hall–Kier alpha value is -0.370. The molecule has 1 rings (SSSR count). The van der Waals surface area contributed by atoms with E-state index in [0.29, 0.717) is 5.41 Å². The van der Waals surface area contributed by atoms with Crippen LogP contribution in [0.4, 0.5) is 0 Å². The minimum atomic E-state index is 0. The molecular formula is C14H32N2. The average molecular weight is 228 g/mol. The second kappa shape index (κ2) is 8.74. The molecule has 1 aliphatic heterocycles. The van der Waals surface area contributed by atoms with Crippen molar-refractivity contribution in [2.75, 3.05) is 20.1 Å². The van der Waals surface area contributed by atoms with Crippen molar-refractivity contribution in [3.8, 4) is 0 Å². The summed E-state index contributed by atoms with van der Waals surface area (Å²) in [7, 11) is 1.87. The molecule has 0 amide bonds. The lowest BCUT2D eigenvalue weighted by molar-refractivity contribution is 0.130. The molecule has 1 atom stereocenters. The monoisotopic (exact) mass is 228 g/mol. The summed E-state index contributed by atoms with van der Waals surface area (Å²) in [6.07, 6.45) is 7.17. The van der Waals surface area contributed by atoms with Crippen molar-refractivity contribution in [3.63, 3.8) is 0 Å². The van der Waals surface area contributed by atoms with Crippen LogP contribution in [-0.4, -0.2) is 26.4 Å². The molecule has 2 heteroatoms. The number of nitrogens with zero attached hydrogens (tertiary/aromatic N) is 1. The van der Waals surface area contributed by atoms with Crippen molar-refractivity contribution in [2.24, 2.45) is 16.3 Å². The fourth-order valence-electron chi connectivity index (χ4n) is 2.58. The SMILES string of the molecule is C.C.CCC(CC=NC)C1(C)CCNCC1. The molecule has 1 N–H and O–H groups in total. The van der Waals surface area contributed by atoms with E-state index in [1.165, 1.54) is 32.4 Å². The van der Waals surface area contributed by atoms with Crippen LogP contribution in [0.25, 0.3) is 0 Å². The predicted octanol–water partition coefficient (Wildman–Crippen LogP) is 3.77. The number of aliphatic imine (C=N–C) groups is 1. The summed E-state index contributed by atoms with van der Waals surface area (Å²) >= 11 is 0. The lowest BCUT2D eigenvalue weighted by Crippen LogP contribution is -2.39. The van der Waals surface area contributed by atoms with Crippen LogP contribution in [0.15, 0.2) is 4.99 Å². The first-order valence-corrected chi connectivity index (χ1v) is 5.84. The predicted molar refractivity (Wildman–Crippen MR) is 76.5 cm³/mol. The van der Waals surface area contributed by atoms with Crippen molar-refractivity contribution in [2.45, 2.75) is 54.4 Å². The average Bonchev–Trinajstić information content (AvgIpc) is 2.20. The van der Waals surface area contributed by atoms with Crippen molar-refractivity contribution >= 4 is 6.21 Å². The molecule has 1 aliphatic rings. The van der Waals surface area contributed by atoms with Crippen LogP contribution in [0.2, 0.25) is 0 Å². The fourth-order valence-corrected chi connectivity index (χ4v) is 2.58. The van der Waals surface area contributed by atoms with Gasteiger partial charge in [0.15, 0.2) is 0 Å². The number of nitrogens with one attached hydrogen (secondary N) is 1. The van der Waals surface area contributed by atoms with Gasteiger partial charge >= 0.3 is 0 Å². The molecule has 1 heterocycles. The van der Waals surface area contributed by atoms with Gasteiger partial charge < -0.3 is 10.3 Å². The van der Waals surface area contributed by atoms with E-state index in [1.54, 1.807) is 0 Å². The van der Waals surface area contributed by atoms with E-state index < -0.39 is 0 Å². The molecule has 0 aromatic carbocycles. The smallest absolute Gasteiger partial charge is 0.0273 e. The quantitative estimate of drug-likeness (QED) is 0.728. The number of hydrogen-bond donors (Lipinski definition) is 1. The third-order valence-corrected chi connectivity index (χ3v) is 3.80. The Morgan fingerprint density at radius 2 is 1.88 bits per heavy atom. The highest BCUT2D eigenvalue weighted by Crippen LogP contribution is 2.39. The van der Waals surface area contributed by atoms with Crippen molar-refractivity contribution in [3.05, 3.63) is 0 Å². The van der Waals surface area contributed by atoms with E-state index >= 15 is 0 Å². The molecule has 2 nitrogen and oxygen atoms in total. The zero-order chi connectivity index (χ0) is 10.4. The summed E-state index contributed by atoms with van der Waals surface area (Å²) in [5, 5.41) is 3.44. The van der Waals surface area contributed by atoms with Crippen molar-refractivity contribution in [1.82, 2.24) is 5.32 Å². The second-order valence-electron chi connectivity index (χ2n) is 4.69. The Bertz CT molecular complexity index is 181. The maximum absolute atomic E-state index is 4.11. The van der Waals surface area contributed by atoms with Crippen molar-refractivity contribution < 1.29 is 0 Å². The third-order valence-electron chi connectivity index (χ3n) is 3.80. The molecule has 16 heavy (non-hydrogen) atoms. The minimum absolute atomic E-state index is 0. The highest BCUT2D eigenvalue weighted by molar-refractivity contribution is 5.57. The molecule has 0 radical (unpaired) electrons. The van der Waals surface area contributed by atoms with Crippen LogP contribution in [-0.2, 0) is 0 Å². The number of piperidine rings is 1. The Balaban J connectivity index is 0. The summed E-state index contributed by atoms with van der Waals surface area (Å²) in [5.41, 5.74) is 0.543. The Labute approximate surface area is 103 Å². The standard InChI is InChI=1S/C12H24N2.2CH4/c1-4-11(5-8-13-3)12(2)6-9-14-10-7-12;;/h8,11,14H,4-7,9-10H2,1-3H3;2*1H4. The van der Waals surface area contributed by atoms with Gasteiger partial charge in [-0.2, -0.15) is 0 Å². The van der Waals surface area contributed by atoms with Crippen LogP contribution < -0.4 is 5.32 Å². The van der Waals surface area contributed by atoms with Crippen LogP contribution in [0, 0.1) is 11.3 Å². The lowest BCUT2D eigenvalue weighted by atomic mass is 9.68. The van der Waals surface area contributed by atoms with Gasteiger partial charge in [-0.15, -0.1) is 0 Å². The Morgan fingerprint density at radius 1 is 1.31 bits per heavy atom. The van der Waals surface area contributed by atoms with Crippen LogP contribution >= 0.6 is 0 Å². The fraction of sp³-hybridized carbons (Fsp3) is 0.929. The molecule has 0 aromatic heterocycles. The Morgan fingerprint density at radius 3 is 2.31 bits per heavy atom. The minimum Gasteiger partial charge on any atom is -0.317 e. The molecule has 1 unspecified atom stereocenters. The van der Waals surface area contributed by atoms with Crippen molar-refractivity contribution in [1.29, 1.82) is 0 Å². The molecule has 0 aliphatic carbocycles. The van der Waals surface area contributed by atoms with E-state index in [2.05, 4.69) is 30.4 Å². The summed E-state index contributed by atoms with van der Waals surface area (Å²) in [4.78, 5) is 4.11. The first-order chi connectivity index (χ1) is 6.73. The molecule has 0 bridgehead atoms. The first kappa shape index (κ1) is 18.0. The molecule has 0 saturated carbocycles. The topological polar surface area (TPSA) is 24.4 Å². The normalized spacial score (nSPS) is 20.9. The van der Waals surface area contributed by atoms with Gasteiger partial charge in [-0.05, 0) is 49.9 Å². The third kappa shape index (κ3) is 4.65. The molecule has 1 saturated heterocycles. The highest BCUT2D eigenvalue weighted by Gasteiger charge is 2.33. The van der Waals surface area contributed by atoms with E-state index in [4.69, 9.17) is 0 Å². The van der Waals surface area contributed by atoms with Crippen LogP contribution in [0.1, 0.15) is 54.4 Å². The van der Waals surface area contributed by atoms with Crippen LogP contribution in [0.3, 0.4) is 0 Å². The van der Waals surface area contributed by atoms with Gasteiger partial charge in [0.1, 0.15) is 0 Å². The highest BCUT2D eigenvalue weighted by atomic mass is 14.9. The molecular weight excluding hydrogens is 196 g/mol. The molecule has 98 valence electrons. The summed E-state index contributed by atoms with van der Waals surface area (Å²) in [6.45, 7) is 7.14. The van der Waals surface area contributed by atoms with Gasteiger partial charge in [0.2, 0.25) is 0 Å². The zero-order valence-electron chi connectivity index (χ0n) is 9.84. The zero-order valence-corrected chi connectivity index (χ0v) is 9.84. The molecule has 0 spiro atoms. The summed E-state index contributed by atoms with van der Waals surface area (Å²) < 4.78 is 0. The van der Waals surface area contributed by atoms with E-state index in [9.17, 15) is 0 Å². The van der Waals surface area contributed by atoms with E-state index in [0.717, 1.165) is 12.3 Å². The molecule has 0 aromatic rings. The summed E-state index contributed by atoms with van der Waals surface area (Å²) in [6, 6.07) is 0. The van der Waals surface area contributed by atoms with Gasteiger partial charge in [-0.1, -0.05) is 35.1 Å². The van der Waals surface area contributed by atoms with E-state index in [-0.39, 0.29) is 14.9 Å². The van der Waals surface area contributed by atoms with Gasteiger partial charge in [-0.25, -0.2) is 0 Å². The van der Waals surface area contributed by atoms with E-state index in [1.807, 2.05) is 7.05 Å². The molecule has 1 fully saturated rings. The van der Waals surface area contributed by atoms with Gasteiger partial charge in [0.25, 0.3) is 0 Å². The maximum Gasteiger partial charge on any atom is 0.0273 e. The summed E-state index contributed by atoms with van der Waals surface area (Å²) in [5.74, 6) is 0.813. The first-order valence-electron chi connectivity index (χ1n) is 5.84. The Kier molecular flexibility index (Phi) is 9.84. The maximum atomic E-state index is 4.11. The number of rotatable bonds is 4. The second-order valence-corrected chi connectivity index (χ2v) is 4.69. The van der Waals surface area contributed by atoms with Gasteiger partial charge in [0, 0.05) is 7.05 Å². The lowest BCUT2D eigenvalue weighted by Gasteiger charge is -2.40. The largest absolute Gasteiger partial charge is 0.317 e. The van der Waals surface area contributed by atoms with Crippen LogP contribution in [0.5, 0.6) is 0 Å². The number of hydrogen-bond acceptors (Lipinski definition) is 2. The van der Waals surface area contributed by atoms with Gasteiger partial charge in [-0.3, -0.25) is 0 Å².